The molecule has 0 saturated carbocycles. The molecule has 1 saturated heterocycles. The number of aryl methyl sites for hydroxylation is 2. The number of hydrogen-bond acceptors (Lipinski definition) is 6. The SMILES string of the molecule is Cc1ccc(S(=O)(=O)C(c2nnn(C)n2)C2CCC(c3ccc(F)cc3)N2)cc1. The highest BCUT2D eigenvalue weighted by Crippen LogP contribution is 2.38. The van der Waals surface area contributed by atoms with Crippen molar-refractivity contribution in [1.82, 2.24) is 25.5 Å². The summed E-state index contributed by atoms with van der Waals surface area (Å²) in [4.78, 5) is 1.49. The van der Waals surface area contributed by atoms with Crippen molar-refractivity contribution in [3.8, 4) is 0 Å². The zero-order chi connectivity index (χ0) is 20.6. The molecule has 9 heteroatoms. The summed E-state index contributed by atoms with van der Waals surface area (Å²) in [5.41, 5.74) is 1.90. The Balaban J connectivity index is 1.68. The van der Waals surface area contributed by atoms with Crippen LogP contribution in [-0.2, 0) is 16.9 Å². The molecule has 1 aromatic heterocycles. The van der Waals surface area contributed by atoms with Crippen molar-refractivity contribution in [1.29, 1.82) is 0 Å². The highest BCUT2D eigenvalue weighted by molar-refractivity contribution is 7.91. The number of nitrogens with zero attached hydrogens (tertiary/aromatic N) is 4. The van der Waals surface area contributed by atoms with E-state index in [4.69, 9.17) is 0 Å². The molecule has 1 aliphatic heterocycles. The Morgan fingerprint density at radius 2 is 1.79 bits per heavy atom. The summed E-state index contributed by atoms with van der Waals surface area (Å²) in [6, 6.07) is 12.6. The lowest BCUT2D eigenvalue weighted by Crippen LogP contribution is -2.36. The lowest BCUT2D eigenvalue weighted by atomic mass is 10.1. The fourth-order valence-corrected chi connectivity index (χ4v) is 5.62. The molecule has 0 radical (unpaired) electrons. The normalized spacial score (nSPS) is 20.7. The molecule has 7 nitrogen and oxygen atoms in total. The molecule has 29 heavy (non-hydrogen) atoms. The topological polar surface area (TPSA) is 89.8 Å². The number of nitrogens with one attached hydrogen (secondary N) is 1. The van der Waals surface area contributed by atoms with Gasteiger partial charge in [-0.15, -0.1) is 10.2 Å². The van der Waals surface area contributed by atoms with Crippen LogP contribution in [0.4, 0.5) is 4.39 Å². The maximum Gasteiger partial charge on any atom is 0.194 e. The van der Waals surface area contributed by atoms with Crippen molar-refractivity contribution < 1.29 is 12.8 Å². The summed E-state index contributed by atoms with van der Waals surface area (Å²) in [7, 11) is -2.15. The first-order chi connectivity index (χ1) is 13.8. The first-order valence-corrected chi connectivity index (χ1v) is 11.0. The molecule has 4 rings (SSSR count). The van der Waals surface area contributed by atoms with Crippen LogP contribution < -0.4 is 5.32 Å². The smallest absolute Gasteiger partial charge is 0.194 e. The van der Waals surface area contributed by atoms with Gasteiger partial charge >= 0.3 is 0 Å². The Hall–Kier alpha value is -2.65. The lowest BCUT2D eigenvalue weighted by Gasteiger charge is -2.22. The molecular weight excluding hydrogens is 393 g/mol. The number of benzene rings is 2. The van der Waals surface area contributed by atoms with Gasteiger partial charge in [-0.1, -0.05) is 29.8 Å². The van der Waals surface area contributed by atoms with E-state index in [-0.39, 0.29) is 28.6 Å². The van der Waals surface area contributed by atoms with E-state index in [1.165, 1.54) is 16.9 Å². The number of halogens is 1. The predicted molar refractivity (Wildman–Crippen MR) is 105 cm³/mol. The molecule has 2 aromatic carbocycles. The molecule has 1 fully saturated rings. The van der Waals surface area contributed by atoms with Crippen LogP contribution in [0, 0.1) is 12.7 Å². The third-order valence-electron chi connectivity index (χ3n) is 5.28. The molecule has 0 bridgehead atoms. The molecule has 152 valence electrons. The largest absolute Gasteiger partial charge is 0.305 e. The molecule has 3 unspecified atom stereocenters. The van der Waals surface area contributed by atoms with E-state index >= 15 is 0 Å². The quantitative estimate of drug-likeness (QED) is 0.689. The van der Waals surface area contributed by atoms with Crippen LogP contribution in [0.5, 0.6) is 0 Å². The molecule has 0 aliphatic carbocycles. The fourth-order valence-electron chi connectivity index (χ4n) is 3.79. The summed E-state index contributed by atoms with van der Waals surface area (Å²) < 4.78 is 40.3. The van der Waals surface area contributed by atoms with E-state index in [1.54, 1.807) is 43.4 Å². The molecule has 1 N–H and O–H groups in total. The average Bonchev–Trinajstić information content (AvgIpc) is 3.33. The van der Waals surface area contributed by atoms with E-state index < -0.39 is 15.1 Å². The number of sulfone groups is 1. The molecule has 1 aliphatic rings. The minimum atomic E-state index is -3.75. The highest BCUT2D eigenvalue weighted by Gasteiger charge is 2.43. The lowest BCUT2D eigenvalue weighted by molar-refractivity contribution is 0.496. The van der Waals surface area contributed by atoms with Gasteiger partial charge in [0.2, 0.25) is 0 Å². The van der Waals surface area contributed by atoms with E-state index in [1.807, 2.05) is 6.92 Å². The van der Waals surface area contributed by atoms with Gasteiger partial charge in [0.25, 0.3) is 0 Å². The highest BCUT2D eigenvalue weighted by atomic mass is 32.2. The van der Waals surface area contributed by atoms with Gasteiger partial charge < -0.3 is 5.32 Å². The Morgan fingerprint density at radius 1 is 1.10 bits per heavy atom. The molecule has 3 atom stereocenters. The van der Waals surface area contributed by atoms with Gasteiger partial charge in [0.05, 0.1) is 11.9 Å². The fraction of sp³-hybridized carbons (Fsp3) is 0.350. The van der Waals surface area contributed by atoms with Crippen LogP contribution in [0.3, 0.4) is 0 Å². The van der Waals surface area contributed by atoms with Crippen molar-refractivity contribution in [2.24, 2.45) is 7.05 Å². The summed E-state index contributed by atoms with van der Waals surface area (Å²) in [6.45, 7) is 1.91. The number of tetrazole rings is 1. The summed E-state index contributed by atoms with van der Waals surface area (Å²) in [5.74, 6) is -0.128. The van der Waals surface area contributed by atoms with Crippen LogP contribution in [0.15, 0.2) is 53.4 Å². The van der Waals surface area contributed by atoms with Gasteiger partial charge in [-0.3, -0.25) is 0 Å². The Kier molecular flexibility index (Phi) is 5.18. The molecule has 3 aromatic rings. The van der Waals surface area contributed by atoms with Crippen molar-refractivity contribution >= 4 is 9.84 Å². The summed E-state index contributed by atoms with van der Waals surface area (Å²) in [6.07, 6.45) is 1.35. The zero-order valence-corrected chi connectivity index (χ0v) is 17.0. The Bertz CT molecular complexity index is 1100. The maximum absolute atomic E-state index is 13.5. The molecular formula is C20H22FN5O2S. The maximum atomic E-state index is 13.5. The van der Waals surface area contributed by atoms with Gasteiger partial charge in [0.15, 0.2) is 15.7 Å². The van der Waals surface area contributed by atoms with Gasteiger partial charge in [-0.2, -0.15) is 4.80 Å². The Labute approximate surface area is 168 Å². The third-order valence-corrected chi connectivity index (χ3v) is 7.42. The third kappa shape index (κ3) is 3.92. The van der Waals surface area contributed by atoms with E-state index in [0.29, 0.717) is 6.42 Å². The van der Waals surface area contributed by atoms with Crippen molar-refractivity contribution in [2.75, 3.05) is 0 Å². The van der Waals surface area contributed by atoms with Crippen LogP contribution in [-0.4, -0.2) is 34.7 Å². The standard InChI is InChI=1S/C20H22FN5O2S/c1-13-3-9-16(10-4-13)29(27,28)19(20-23-25-26(2)24-20)18-12-11-17(22-18)14-5-7-15(21)8-6-14/h3-10,17-19,22H,11-12H2,1-2H3. The number of rotatable bonds is 5. The van der Waals surface area contributed by atoms with Crippen LogP contribution >= 0.6 is 0 Å². The van der Waals surface area contributed by atoms with Crippen LogP contribution in [0.2, 0.25) is 0 Å². The van der Waals surface area contributed by atoms with Crippen LogP contribution in [0.25, 0.3) is 0 Å². The first kappa shape index (κ1) is 19.7. The van der Waals surface area contributed by atoms with Crippen molar-refractivity contribution in [2.45, 2.75) is 42.0 Å². The average molecular weight is 415 g/mol. The Morgan fingerprint density at radius 3 is 2.41 bits per heavy atom. The van der Waals surface area contributed by atoms with Gasteiger partial charge in [-0.05, 0) is 54.8 Å². The number of aromatic nitrogens is 4. The zero-order valence-electron chi connectivity index (χ0n) is 16.2. The predicted octanol–water partition coefficient (Wildman–Crippen LogP) is 2.67. The second kappa shape index (κ2) is 7.64. The van der Waals surface area contributed by atoms with Crippen molar-refractivity contribution in [3.05, 3.63) is 71.3 Å². The number of hydrogen-bond donors (Lipinski definition) is 1. The monoisotopic (exact) mass is 415 g/mol. The molecule has 0 spiro atoms. The summed E-state index contributed by atoms with van der Waals surface area (Å²) in [5, 5.41) is 14.5. The minimum Gasteiger partial charge on any atom is -0.305 e. The van der Waals surface area contributed by atoms with Gasteiger partial charge in [-0.25, -0.2) is 12.8 Å². The van der Waals surface area contributed by atoms with Gasteiger partial charge in [0.1, 0.15) is 11.1 Å². The van der Waals surface area contributed by atoms with E-state index in [2.05, 4.69) is 20.7 Å². The summed E-state index contributed by atoms with van der Waals surface area (Å²) >= 11 is 0. The second-order valence-corrected chi connectivity index (χ2v) is 9.44. The molecule has 0 amide bonds. The molecule has 2 heterocycles. The second-order valence-electron chi connectivity index (χ2n) is 7.37. The van der Waals surface area contributed by atoms with E-state index in [9.17, 15) is 12.8 Å². The van der Waals surface area contributed by atoms with Gasteiger partial charge in [0, 0.05) is 12.1 Å². The van der Waals surface area contributed by atoms with Crippen molar-refractivity contribution in [3.63, 3.8) is 0 Å². The van der Waals surface area contributed by atoms with E-state index in [0.717, 1.165) is 17.5 Å². The van der Waals surface area contributed by atoms with Crippen LogP contribution in [0.1, 0.15) is 41.1 Å². The minimum absolute atomic E-state index is 0.0620. The first-order valence-electron chi connectivity index (χ1n) is 9.40.